The molecule has 2 aromatic carbocycles. The van der Waals surface area contributed by atoms with Gasteiger partial charge in [-0.25, -0.2) is 4.79 Å². The van der Waals surface area contributed by atoms with E-state index >= 15 is 0 Å². The molecule has 1 fully saturated rings. The van der Waals surface area contributed by atoms with Crippen molar-refractivity contribution in [2.75, 3.05) is 13.4 Å². The second-order valence-electron chi connectivity index (χ2n) is 10.2. The molecule has 3 atom stereocenters. The number of nitrogens with zero attached hydrogens (tertiary/aromatic N) is 1. The molecule has 0 radical (unpaired) electrons. The van der Waals surface area contributed by atoms with Crippen LogP contribution >= 0.6 is 0 Å². The number of aliphatic hydroxyl groups is 1. The maximum atomic E-state index is 12.5. The van der Waals surface area contributed by atoms with Crippen LogP contribution < -0.4 is 21.6 Å². The Bertz CT molecular complexity index is 1230. The third-order valence-electron chi connectivity index (χ3n) is 6.81. The number of aromatic nitrogens is 2. The van der Waals surface area contributed by atoms with E-state index in [-0.39, 0.29) is 11.6 Å². The van der Waals surface area contributed by atoms with Crippen molar-refractivity contribution in [1.82, 2.24) is 9.55 Å². The van der Waals surface area contributed by atoms with Crippen molar-refractivity contribution in [3.8, 4) is 0 Å². The summed E-state index contributed by atoms with van der Waals surface area (Å²) in [5, 5.41) is 11.6. The molecule has 1 aliphatic rings. The number of aromatic amines is 1. The van der Waals surface area contributed by atoms with Crippen molar-refractivity contribution in [3.63, 3.8) is 0 Å². The minimum atomic E-state index is -2.81. The molecule has 4 rings (SSSR count). The molecule has 0 amide bonds. The van der Waals surface area contributed by atoms with Gasteiger partial charge in [0.15, 0.2) is 0 Å². The lowest BCUT2D eigenvalue weighted by molar-refractivity contribution is -0.0945. The van der Waals surface area contributed by atoms with Crippen LogP contribution in [0.1, 0.15) is 39.0 Å². The van der Waals surface area contributed by atoms with Gasteiger partial charge in [-0.2, -0.15) is 0 Å². The van der Waals surface area contributed by atoms with Crippen LogP contribution in [0.15, 0.2) is 76.4 Å². The van der Waals surface area contributed by atoms with Crippen molar-refractivity contribution < 1.29 is 19.0 Å². The number of benzene rings is 2. The average molecular weight is 511 g/mol. The Kier molecular flexibility index (Phi) is 7.77. The quantitative estimate of drug-likeness (QED) is 0.355. The Hall–Kier alpha value is -2.82. The molecule has 0 spiro atoms. The smallest absolute Gasteiger partial charge is 0.330 e. The Morgan fingerprint density at radius 2 is 1.64 bits per heavy atom. The van der Waals surface area contributed by atoms with Crippen LogP contribution in [-0.2, 0) is 13.9 Å². The molecule has 0 saturated carbocycles. The van der Waals surface area contributed by atoms with Crippen LogP contribution in [0, 0.1) is 6.92 Å². The fourth-order valence-corrected chi connectivity index (χ4v) is 9.63. The summed E-state index contributed by atoms with van der Waals surface area (Å²) >= 11 is 0. The SMILES string of the molecule is Cc1cn([C@H]2CC(OCO)[C@@H](CO[Si](c3ccccc3)(c3ccccc3)C(C)(C)C)O2)c(=O)[nH]c1=O. The van der Waals surface area contributed by atoms with Crippen LogP contribution in [0.3, 0.4) is 0 Å². The lowest BCUT2D eigenvalue weighted by Gasteiger charge is -2.43. The van der Waals surface area contributed by atoms with Crippen molar-refractivity contribution in [2.24, 2.45) is 0 Å². The van der Waals surface area contributed by atoms with Gasteiger partial charge in [-0.1, -0.05) is 81.4 Å². The van der Waals surface area contributed by atoms with Gasteiger partial charge < -0.3 is 19.0 Å². The number of ether oxygens (including phenoxy) is 2. The highest BCUT2D eigenvalue weighted by atomic mass is 28.4. The normalized spacial score (nSPS) is 20.5. The zero-order valence-electron chi connectivity index (χ0n) is 21.1. The molecule has 8 nitrogen and oxygen atoms in total. The molecule has 3 aromatic rings. The third kappa shape index (κ3) is 5.02. The zero-order chi connectivity index (χ0) is 25.9. The summed E-state index contributed by atoms with van der Waals surface area (Å²) in [6.45, 7) is 7.96. The second-order valence-corrected chi connectivity index (χ2v) is 14.5. The molecule has 9 heteroatoms. The summed E-state index contributed by atoms with van der Waals surface area (Å²) in [7, 11) is -2.81. The number of hydrogen-bond acceptors (Lipinski definition) is 6. The van der Waals surface area contributed by atoms with Gasteiger partial charge in [0.1, 0.15) is 19.1 Å². The molecule has 2 N–H and O–H groups in total. The predicted octanol–water partition coefficient (Wildman–Crippen LogP) is 2.04. The summed E-state index contributed by atoms with van der Waals surface area (Å²) in [6.07, 6.45) is 0.158. The van der Waals surface area contributed by atoms with Gasteiger partial charge in [0.25, 0.3) is 13.9 Å². The number of aliphatic hydroxyl groups excluding tert-OH is 1. The van der Waals surface area contributed by atoms with Gasteiger partial charge in [-0.15, -0.1) is 0 Å². The molecule has 1 unspecified atom stereocenters. The van der Waals surface area contributed by atoms with Crippen molar-refractivity contribution in [2.45, 2.75) is 57.6 Å². The Morgan fingerprint density at radius 3 is 2.17 bits per heavy atom. The monoisotopic (exact) mass is 510 g/mol. The molecule has 0 aliphatic carbocycles. The molecule has 1 aromatic heterocycles. The fourth-order valence-electron chi connectivity index (χ4n) is 5.06. The van der Waals surface area contributed by atoms with Crippen molar-refractivity contribution >= 4 is 18.7 Å². The highest BCUT2D eigenvalue weighted by molar-refractivity contribution is 6.99. The van der Waals surface area contributed by atoms with Crippen LogP contribution in [0.4, 0.5) is 0 Å². The number of nitrogens with one attached hydrogen (secondary N) is 1. The Balaban J connectivity index is 1.69. The molecule has 2 heterocycles. The van der Waals surface area contributed by atoms with Crippen LogP contribution in [0.5, 0.6) is 0 Å². The van der Waals surface area contributed by atoms with E-state index in [1.807, 2.05) is 36.4 Å². The lowest BCUT2D eigenvalue weighted by atomic mass is 10.2. The summed E-state index contributed by atoms with van der Waals surface area (Å²) in [5.74, 6) is 0. The first-order valence-electron chi connectivity index (χ1n) is 12.1. The topological polar surface area (TPSA) is 103 Å². The van der Waals surface area contributed by atoms with E-state index < -0.39 is 44.8 Å². The Morgan fingerprint density at radius 1 is 1.06 bits per heavy atom. The van der Waals surface area contributed by atoms with E-state index in [4.69, 9.17) is 13.9 Å². The maximum absolute atomic E-state index is 12.5. The van der Waals surface area contributed by atoms with E-state index in [0.717, 1.165) is 10.4 Å². The second kappa shape index (κ2) is 10.7. The minimum absolute atomic E-state index is 0.214. The van der Waals surface area contributed by atoms with E-state index in [1.54, 1.807) is 6.92 Å². The number of H-pyrrole nitrogens is 1. The third-order valence-corrected chi connectivity index (χ3v) is 11.8. The highest BCUT2D eigenvalue weighted by Crippen LogP contribution is 2.38. The van der Waals surface area contributed by atoms with Crippen molar-refractivity contribution in [3.05, 3.63) is 93.3 Å². The van der Waals surface area contributed by atoms with E-state index in [2.05, 4.69) is 50.0 Å². The fraction of sp³-hybridized carbons (Fsp3) is 0.407. The van der Waals surface area contributed by atoms with Gasteiger partial charge in [0, 0.05) is 18.2 Å². The van der Waals surface area contributed by atoms with Gasteiger partial charge in [-0.3, -0.25) is 14.3 Å². The number of aryl methyl sites for hydroxylation is 1. The Labute approximate surface area is 211 Å². The van der Waals surface area contributed by atoms with Crippen LogP contribution in [-0.4, -0.2) is 48.6 Å². The molecular weight excluding hydrogens is 476 g/mol. The summed E-state index contributed by atoms with van der Waals surface area (Å²) in [6, 6.07) is 20.6. The van der Waals surface area contributed by atoms with Gasteiger partial charge in [0.05, 0.1) is 12.7 Å². The highest BCUT2D eigenvalue weighted by Gasteiger charge is 2.51. The minimum Gasteiger partial charge on any atom is -0.405 e. The number of rotatable bonds is 8. The van der Waals surface area contributed by atoms with Gasteiger partial charge >= 0.3 is 5.69 Å². The standard InChI is InChI=1S/C27H34N2O6Si/c1-19-16-29(26(32)28-25(19)31)24-15-22(33-18-30)23(35-24)17-34-36(27(2,3)4,20-11-7-5-8-12-20)21-13-9-6-10-14-21/h5-14,16,22-24,30H,15,17-18H2,1-4H3,(H,28,31,32)/t22?,23-,24-/m1/s1. The van der Waals surface area contributed by atoms with Crippen LogP contribution in [0.2, 0.25) is 5.04 Å². The van der Waals surface area contributed by atoms with E-state index in [9.17, 15) is 14.7 Å². The van der Waals surface area contributed by atoms with Gasteiger partial charge in [-0.05, 0) is 22.3 Å². The van der Waals surface area contributed by atoms with E-state index in [0.29, 0.717) is 12.0 Å². The first-order chi connectivity index (χ1) is 17.2. The maximum Gasteiger partial charge on any atom is 0.330 e. The largest absolute Gasteiger partial charge is 0.405 e. The summed E-state index contributed by atoms with van der Waals surface area (Å²) < 4.78 is 20.2. The molecule has 1 aliphatic heterocycles. The molecule has 1 saturated heterocycles. The number of hydrogen-bond donors (Lipinski definition) is 2. The molecular formula is C27H34N2O6Si. The first kappa shape index (κ1) is 26.2. The first-order valence-corrected chi connectivity index (χ1v) is 14.0. The molecule has 36 heavy (non-hydrogen) atoms. The van der Waals surface area contributed by atoms with Crippen LogP contribution in [0.25, 0.3) is 0 Å². The lowest BCUT2D eigenvalue weighted by Crippen LogP contribution is -2.67. The van der Waals surface area contributed by atoms with Crippen molar-refractivity contribution in [1.29, 1.82) is 0 Å². The van der Waals surface area contributed by atoms with E-state index in [1.165, 1.54) is 10.8 Å². The predicted molar refractivity (Wildman–Crippen MR) is 140 cm³/mol. The summed E-state index contributed by atoms with van der Waals surface area (Å²) in [5.41, 5.74) is -0.569. The molecule has 0 bridgehead atoms. The zero-order valence-corrected chi connectivity index (χ0v) is 22.1. The summed E-state index contributed by atoms with van der Waals surface area (Å²) in [4.78, 5) is 26.6. The average Bonchev–Trinajstić information content (AvgIpc) is 3.25. The molecule has 192 valence electrons. The van der Waals surface area contributed by atoms with Gasteiger partial charge in [0.2, 0.25) is 0 Å².